The Hall–Kier alpha value is -1.92. The summed E-state index contributed by atoms with van der Waals surface area (Å²) in [6.07, 6.45) is 0. The lowest BCUT2D eigenvalue weighted by Crippen LogP contribution is -2.33. The third-order valence-corrected chi connectivity index (χ3v) is 1.15. The van der Waals surface area contributed by atoms with Crippen LogP contribution in [0, 0.1) is 15.3 Å². The van der Waals surface area contributed by atoms with Crippen LogP contribution in [0.3, 0.4) is 0 Å². The lowest BCUT2D eigenvalue weighted by Gasteiger charge is -1.94. The van der Waals surface area contributed by atoms with Gasteiger partial charge in [-0.1, -0.05) is 0 Å². The van der Waals surface area contributed by atoms with Gasteiger partial charge >= 0.3 is 11.7 Å². The Kier molecular flexibility index (Phi) is 2.04. The summed E-state index contributed by atoms with van der Waals surface area (Å²) in [4.78, 5) is 9.40. The predicted molar refractivity (Wildman–Crippen MR) is 36.4 cm³/mol. The first-order valence-corrected chi connectivity index (χ1v) is 2.94. The lowest BCUT2D eigenvalue weighted by atomic mass is 10.5. The number of hydrogen-bond donors (Lipinski definition) is 0. The van der Waals surface area contributed by atoms with Gasteiger partial charge < -0.3 is 20.1 Å². The van der Waals surface area contributed by atoms with Gasteiger partial charge in [-0.15, -0.1) is 0 Å². The topological polar surface area (TPSA) is 92.2 Å². The molecule has 0 aliphatic carbocycles. The van der Waals surface area contributed by atoms with E-state index in [2.05, 4.69) is 9.84 Å². The molecule has 0 unspecified atom stereocenters. The molecule has 7 heteroatoms. The molecule has 0 radical (unpaired) electrons. The summed E-state index contributed by atoms with van der Waals surface area (Å²) >= 11 is 0. The Balaban J connectivity index is 3.10. The van der Waals surface area contributed by atoms with Crippen LogP contribution in [0.2, 0.25) is 0 Å². The van der Waals surface area contributed by atoms with E-state index in [9.17, 15) is 15.3 Å². The van der Waals surface area contributed by atoms with E-state index >= 15 is 0 Å². The summed E-state index contributed by atoms with van der Waals surface area (Å²) < 4.78 is 4.55. The minimum atomic E-state index is -0.756. The second kappa shape index (κ2) is 2.99. The van der Waals surface area contributed by atoms with Crippen molar-refractivity contribution in [1.29, 1.82) is 0 Å². The number of nitrogens with zero attached hydrogens (tertiary/aromatic N) is 3. The number of ether oxygens (including phenoxy) is 1. The van der Waals surface area contributed by atoms with E-state index < -0.39 is 10.7 Å². The minimum absolute atomic E-state index is 0.0537. The highest BCUT2D eigenvalue weighted by Crippen LogP contribution is 2.06. The number of hydrogen-bond acceptors (Lipinski definition) is 5. The fraction of sp³-hybridized carbons (Fsp3) is 0.200. The Labute approximate surface area is 66.9 Å². The fourth-order valence-corrected chi connectivity index (χ4v) is 0.629. The van der Waals surface area contributed by atoms with E-state index in [0.717, 1.165) is 6.07 Å². The Bertz CT molecular complexity index is 314. The van der Waals surface area contributed by atoms with Crippen LogP contribution in [0.4, 0.5) is 5.82 Å². The van der Waals surface area contributed by atoms with Crippen molar-refractivity contribution in [2.24, 2.45) is 0 Å². The SMILES string of the molecule is COc1ccc([N+](=O)[O-])n[n+]1[O-]. The number of nitro groups is 1. The molecule has 0 saturated heterocycles. The van der Waals surface area contributed by atoms with Crippen molar-refractivity contribution >= 4 is 5.82 Å². The van der Waals surface area contributed by atoms with Gasteiger partial charge in [0.25, 0.3) is 0 Å². The Morgan fingerprint density at radius 2 is 2.33 bits per heavy atom. The van der Waals surface area contributed by atoms with Crippen molar-refractivity contribution in [1.82, 2.24) is 5.10 Å². The monoisotopic (exact) mass is 171 g/mol. The van der Waals surface area contributed by atoms with Crippen LogP contribution in [0.25, 0.3) is 0 Å². The maximum absolute atomic E-state index is 10.8. The molecular weight excluding hydrogens is 166 g/mol. The molecule has 0 saturated carbocycles. The van der Waals surface area contributed by atoms with Crippen LogP contribution in [0.5, 0.6) is 5.88 Å². The van der Waals surface area contributed by atoms with E-state index in [1.165, 1.54) is 13.2 Å². The lowest BCUT2D eigenvalue weighted by molar-refractivity contribution is -0.679. The van der Waals surface area contributed by atoms with Crippen molar-refractivity contribution in [3.8, 4) is 5.88 Å². The molecule has 0 N–H and O–H groups in total. The highest BCUT2D eigenvalue weighted by molar-refractivity contribution is 5.17. The van der Waals surface area contributed by atoms with E-state index in [4.69, 9.17) is 0 Å². The van der Waals surface area contributed by atoms with Crippen LogP contribution in [0.15, 0.2) is 12.1 Å². The Morgan fingerprint density at radius 3 is 2.75 bits per heavy atom. The maximum Gasteiger partial charge on any atom is 0.438 e. The molecule has 0 amide bonds. The molecule has 0 aliphatic heterocycles. The standard InChI is InChI=1S/C5H5N3O4/c1-12-5-3-2-4(8(10)11)6-7(5)9/h2-3H,1H3. The van der Waals surface area contributed by atoms with Gasteiger partial charge in [0.2, 0.25) is 5.10 Å². The third kappa shape index (κ3) is 1.39. The van der Waals surface area contributed by atoms with Gasteiger partial charge in [0, 0.05) is 0 Å². The van der Waals surface area contributed by atoms with Gasteiger partial charge in [-0.2, -0.15) is 0 Å². The largest absolute Gasteiger partial charge is 0.573 e. The first-order chi connectivity index (χ1) is 5.65. The molecule has 12 heavy (non-hydrogen) atoms. The zero-order valence-corrected chi connectivity index (χ0v) is 6.13. The van der Waals surface area contributed by atoms with Crippen LogP contribution in [-0.4, -0.2) is 17.1 Å². The molecule has 0 atom stereocenters. The van der Waals surface area contributed by atoms with Gasteiger partial charge in [-0.3, -0.25) is 0 Å². The third-order valence-electron chi connectivity index (χ3n) is 1.15. The number of rotatable bonds is 2. The second-order valence-electron chi connectivity index (χ2n) is 1.86. The second-order valence-corrected chi connectivity index (χ2v) is 1.86. The molecule has 1 heterocycles. The minimum Gasteiger partial charge on any atom is -0.573 e. The van der Waals surface area contributed by atoms with Crippen molar-refractivity contribution in [2.75, 3.05) is 7.11 Å². The van der Waals surface area contributed by atoms with Crippen molar-refractivity contribution in [3.63, 3.8) is 0 Å². The number of aromatic nitrogens is 2. The first kappa shape index (κ1) is 8.18. The average molecular weight is 171 g/mol. The molecule has 1 rings (SSSR count). The van der Waals surface area contributed by atoms with Gasteiger partial charge in [-0.25, -0.2) is 0 Å². The highest BCUT2D eigenvalue weighted by atomic mass is 16.6. The van der Waals surface area contributed by atoms with Gasteiger partial charge in [0.15, 0.2) is 0 Å². The predicted octanol–water partition coefficient (Wildman–Crippen LogP) is -0.368. The van der Waals surface area contributed by atoms with Gasteiger partial charge in [0.1, 0.15) is 0 Å². The van der Waals surface area contributed by atoms with Crippen LogP contribution < -0.4 is 9.58 Å². The molecule has 1 aromatic rings. The zero-order valence-electron chi connectivity index (χ0n) is 6.13. The number of methoxy groups -OCH3 is 1. The molecule has 0 spiro atoms. The summed E-state index contributed by atoms with van der Waals surface area (Å²) in [5, 5.41) is 23.9. The normalized spacial score (nSPS) is 9.42. The average Bonchev–Trinajstić information content (AvgIpc) is 2.04. The zero-order chi connectivity index (χ0) is 9.14. The molecule has 0 bridgehead atoms. The highest BCUT2D eigenvalue weighted by Gasteiger charge is 2.18. The summed E-state index contributed by atoms with van der Waals surface area (Å²) in [5.41, 5.74) is 0. The van der Waals surface area contributed by atoms with E-state index in [0.29, 0.717) is 0 Å². The molecular formula is C5H5N3O4. The van der Waals surface area contributed by atoms with Crippen molar-refractivity contribution < 1.29 is 14.5 Å². The summed E-state index contributed by atoms with van der Waals surface area (Å²) in [6.45, 7) is 0. The van der Waals surface area contributed by atoms with Crippen molar-refractivity contribution in [3.05, 3.63) is 27.5 Å². The quantitative estimate of drug-likeness (QED) is 0.262. The molecule has 1 aromatic heterocycles. The maximum atomic E-state index is 10.8. The van der Waals surface area contributed by atoms with Crippen LogP contribution in [-0.2, 0) is 0 Å². The fourth-order valence-electron chi connectivity index (χ4n) is 0.629. The van der Waals surface area contributed by atoms with Gasteiger partial charge in [0.05, 0.1) is 24.1 Å². The molecule has 0 aliphatic rings. The first-order valence-electron chi connectivity index (χ1n) is 2.94. The van der Waals surface area contributed by atoms with E-state index in [1.807, 2.05) is 0 Å². The smallest absolute Gasteiger partial charge is 0.438 e. The summed E-state index contributed by atoms with van der Waals surface area (Å²) in [6, 6.07) is 2.27. The van der Waals surface area contributed by atoms with Gasteiger partial charge in [-0.05, 0) is 4.92 Å². The van der Waals surface area contributed by atoms with E-state index in [-0.39, 0.29) is 10.7 Å². The molecule has 0 aromatic carbocycles. The van der Waals surface area contributed by atoms with E-state index in [1.54, 1.807) is 0 Å². The van der Waals surface area contributed by atoms with Crippen LogP contribution >= 0.6 is 0 Å². The summed E-state index contributed by atoms with van der Waals surface area (Å²) in [7, 11) is 1.28. The Morgan fingerprint density at radius 1 is 1.67 bits per heavy atom. The van der Waals surface area contributed by atoms with Crippen LogP contribution in [0.1, 0.15) is 0 Å². The molecule has 0 fully saturated rings. The van der Waals surface area contributed by atoms with Crippen molar-refractivity contribution in [2.45, 2.75) is 0 Å². The molecule has 64 valence electrons. The molecule has 7 nitrogen and oxygen atoms in total. The summed E-state index contributed by atoms with van der Waals surface area (Å²) in [5.74, 6) is -0.591.